The van der Waals surface area contributed by atoms with E-state index >= 15 is 0 Å². The molecule has 0 saturated heterocycles. The second-order valence-electron chi connectivity index (χ2n) is 6.70. The van der Waals surface area contributed by atoms with Gasteiger partial charge < -0.3 is 15.4 Å². The maximum absolute atomic E-state index is 10.8. The van der Waals surface area contributed by atoms with E-state index in [1.807, 2.05) is 30.3 Å². The summed E-state index contributed by atoms with van der Waals surface area (Å²) in [6, 6.07) is 17.5. The Bertz CT molecular complexity index is 1070. The van der Waals surface area contributed by atoms with Gasteiger partial charge in [0.1, 0.15) is 12.4 Å². The Kier molecular flexibility index (Phi) is 10.4. The zero-order valence-electron chi connectivity index (χ0n) is 16.8. The van der Waals surface area contributed by atoms with Crippen LogP contribution >= 0.6 is 47.2 Å². The predicted molar refractivity (Wildman–Crippen MR) is 133 cm³/mol. The van der Waals surface area contributed by atoms with E-state index in [1.165, 1.54) is 12.1 Å². The molecule has 0 atom stereocenters. The molecule has 0 heterocycles. The van der Waals surface area contributed by atoms with Crippen molar-refractivity contribution in [2.75, 3.05) is 18.4 Å². The van der Waals surface area contributed by atoms with Gasteiger partial charge in [0.15, 0.2) is 0 Å². The summed E-state index contributed by atoms with van der Waals surface area (Å²) in [4.78, 5) is 10.3. The van der Waals surface area contributed by atoms with Gasteiger partial charge in [-0.2, -0.15) is 0 Å². The van der Waals surface area contributed by atoms with Crippen LogP contribution in [0.2, 0.25) is 15.1 Å². The standard InChI is InChI=1S/C22H20Cl3N3O3.ClH/c23-17-5-4-16(20(24)11-17)14-31-19-3-1-2-15(10-19)13-26-8-9-27-22-7-6-18(28(29)30)12-21(22)25;/h1-7,10-12,26-27H,8-9,13-14H2;1H. The van der Waals surface area contributed by atoms with Crippen molar-refractivity contribution in [2.24, 2.45) is 0 Å². The minimum atomic E-state index is -0.473. The van der Waals surface area contributed by atoms with Crippen LogP contribution in [-0.2, 0) is 13.2 Å². The van der Waals surface area contributed by atoms with E-state index in [4.69, 9.17) is 39.5 Å². The zero-order chi connectivity index (χ0) is 22.2. The summed E-state index contributed by atoms with van der Waals surface area (Å²) in [5.41, 5.74) is 2.57. The molecule has 3 aromatic rings. The van der Waals surface area contributed by atoms with Crippen LogP contribution in [-0.4, -0.2) is 18.0 Å². The average Bonchev–Trinajstić information content (AvgIpc) is 2.74. The lowest BCUT2D eigenvalue weighted by Gasteiger charge is -2.11. The molecule has 3 aromatic carbocycles. The van der Waals surface area contributed by atoms with E-state index in [0.29, 0.717) is 47.0 Å². The highest BCUT2D eigenvalue weighted by atomic mass is 35.5. The summed E-state index contributed by atoms with van der Waals surface area (Å²) in [5.74, 6) is 0.751. The summed E-state index contributed by atoms with van der Waals surface area (Å²) in [6.07, 6.45) is 0. The number of rotatable bonds is 10. The highest BCUT2D eigenvalue weighted by Gasteiger charge is 2.09. The number of anilines is 1. The molecule has 0 aliphatic carbocycles. The van der Waals surface area contributed by atoms with Gasteiger partial charge >= 0.3 is 0 Å². The zero-order valence-corrected chi connectivity index (χ0v) is 19.9. The molecule has 0 radical (unpaired) electrons. The SMILES string of the molecule is Cl.O=[N+]([O-])c1ccc(NCCNCc2cccc(OCc3ccc(Cl)cc3Cl)c2)c(Cl)c1. The van der Waals surface area contributed by atoms with Crippen molar-refractivity contribution in [1.29, 1.82) is 0 Å². The summed E-state index contributed by atoms with van der Waals surface area (Å²) in [7, 11) is 0. The maximum Gasteiger partial charge on any atom is 0.271 e. The number of ether oxygens (including phenoxy) is 1. The largest absolute Gasteiger partial charge is 0.489 e. The second kappa shape index (κ2) is 12.7. The van der Waals surface area contributed by atoms with Gasteiger partial charge in [-0.15, -0.1) is 12.4 Å². The van der Waals surface area contributed by atoms with Crippen molar-refractivity contribution < 1.29 is 9.66 Å². The molecule has 0 aromatic heterocycles. The van der Waals surface area contributed by atoms with Crippen LogP contribution < -0.4 is 15.4 Å². The lowest BCUT2D eigenvalue weighted by molar-refractivity contribution is -0.384. The topological polar surface area (TPSA) is 76.4 Å². The van der Waals surface area contributed by atoms with E-state index in [-0.39, 0.29) is 18.1 Å². The fourth-order valence-electron chi connectivity index (χ4n) is 2.82. The number of non-ortho nitro benzene ring substituents is 1. The summed E-state index contributed by atoms with van der Waals surface area (Å²) in [6.45, 7) is 2.31. The summed E-state index contributed by atoms with van der Waals surface area (Å²) >= 11 is 18.2. The number of halogens is 4. The second-order valence-corrected chi connectivity index (χ2v) is 7.95. The van der Waals surface area contributed by atoms with Gasteiger partial charge in [-0.1, -0.05) is 53.0 Å². The van der Waals surface area contributed by atoms with Crippen LogP contribution in [0.15, 0.2) is 60.7 Å². The lowest BCUT2D eigenvalue weighted by atomic mass is 10.2. The summed E-state index contributed by atoms with van der Waals surface area (Å²) in [5, 5.41) is 18.7. The van der Waals surface area contributed by atoms with E-state index < -0.39 is 4.92 Å². The Labute approximate surface area is 207 Å². The van der Waals surface area contributed by atoms with E-state index in [9.17, 15) is 10.1 Å². The molecular formula is C22H21Cl4N3O3. The van der Waals surface area contributed by atoms with E-state index in [1.54, 1.807) is 18.2 Å². The monoisotopic (exact) mass is 515 g/mol. The number of nitrogens with zero attached hydrogens (tertiary/aromatic N) is 1. The van der Waals surface area contributed by atoms with Gasteiger partial charge in [-0.25, -0.2) is 0 Å². The van der Waals surface area contributed by atoms with Crippen molar-refractivity contribution in [3.63, 3.8) is 0 Å². The molecule has 6 nitrogen and oxygen atoms in total. The lowest BCUT2D eigenvalue weighted by Crippen LogP contribution is -2.21. The molecule has 0 amide bonds. The Balaban J connectivity index is 0.00000363. The number of nitrogens with one attached hydrogen (secondary N) is 2. The smallest absolute Gasteiger partial charge is 0.271 e. The molecule has 2 N–H and O–H groups in total. The van der Waals surface area contributed by atoms with Gasteiger partial charge in [0.05, 0.1) is 15.6 Å². The number of hydrogen-bond acceptors (Lipinski definition) is 5. The molecule has 0 fully saturated rings. The first kappa shape index (κ1) is 26.0. The van der Waals surface area contributed by atoms with E-state index in [2.05, 4.69) is 10.6 Å². The first-order valence-corrected chi connectivity index (χ1v) is 10.6. The maximum atomic E-state index is 10.8. The van der Waals surface area contributed by atoms with Gasteiger partial charge in [0, 0.05) is 47.4 Å². The molecule has 0 bridgehead atoms. The molecule has 10 heteroatoms. The van der Waals surface area contributed by atoms with Crippen LogP contribution in [0.25, 0.3) is 0 Å². The quantitative estimate of drug-likeness (QED) is 0.177. The third-order valence-electron chi connectivity index (χ3n) is 4.42. The first-order chi connectivity index (χ1) is 14.9. The minimum Gasteiger partial charge on any atom is -0.489 e. The van der Waals surface area contributed by atoms with Gasteiger partial charge in [-0.05, 0) is 35.9 Å². The molecule has 0 aliphatic heterocycles. The van der Waals surface area contributed by atoms with Gasteiger partial charge in [0.25, 0.3) is 5.69 Å². The van der Waals surface area contributed by atoms with Crippen molar-refractivity contribution >= 4 is 58.6 Å². The molecule has 32 heavy (non-hydrogen) atoms. The molecule has 0 saturated carbocycles. The van der Waals surface area contributed by atoms with E-state index in [0.717, 1.165) is 16.9 Å². The Hall–Kier alpha value is -2.22. The Morgan fingerprint density at radius 2 is 1.75 bits per heavy atom. The van der Waals surface area contributed by atoms with Gasteiger partial charge in [0.2, 0.25) is 0 Å². The molecule has 0 unspecified atom stereocenters. The number of hydrogen-bond donors (Lipinski definition) is 2. The van der Waals surface area contributed by atoms with Crippen molar-refractivity contribution in [1.82, 2.24) is 5.32 Å². The summed E-state index contributed by atoms with van der Waals surface area (Å²) < 4.78 is 5.85. The van der Waals surface area contributed by atoms with Gasteiger partial charge in [-0.3, -0.25) is 10.1 Å². The molecule has 3 rings (SSSR count). The first-order valence-electron chi connectivity index (χ1n) is 9.46. The van der Waals surface area contributed by atoms with Crippen molar-refractivity contribution in [3.05, 3.63) is 97.0 Å². The van der Waals surface area contributed by atoms with Crippen LogP contribution in [0.3, 0.4) is 0 Å². The van der Waals surface area contributed by atoms with Crippen molar-refractivity contribution in [2.45, 2.75) is 13.2 Å². The van der Waals surface area contributed by atoms with Crippen LogP contribution in [0.5, 0.6) is 5.75 Å². The van der Waals surface area contributed by atoms with Crippen molar-refractivity contribution in [3.8, 4) is 5.75 Å². The fraction of sp³-hybridized carbons (Fsp3) is 0.182. The average molecular weight is 517 g/mol. The molecular weight excluding hydrogens is 496 g/mol. The number of nitro groups is 1. The Morgan fingerprint density at radius 1 is 0.938 bits per heavy atom. The Morgan fingerprint density at radius 3 is 2.47 bits per heavy atom. The molecule has 0 aliphatic rings. The molecule has 0 spiro atoms. The highest BCUT2D eigenvalue weighted by molar-refractivity contribution is 6.35. The fourth-order valence-corrected chi connectivity index (χ4v) is 3.53. The predicted octanol–water partition coefficient (Wildman–Crippen LogP) is 6.76. The third kappa shape index (κ3) is 7.73. The number of benzene rings is 3. The van der Waals surface area contributed by atoms with Crippen LogP contribution in [0.4, 0.5) is 11.4 Å². The highest BCUT2D eigenvalue weighted by Crippen LogP contribution is 2.26. The van der Waals surface area contributed by atoms with Crippen LogP contribution in [0, 0.1) is 10.1 Å². The molecule has 170 valence electrons. The number of nitro benzene ring substituents is 1. The van der Waals surface area contributed by atoms with Crippen LogP contribution in [0.1, 0.15) is 11.1 Å². The normalized spacial score (nSPS) is 10.3. The third-order valence-corrected chi connectivity index (χ3v) is 5.32. The minimum absolute atomic E-state index is 0.